The first-order valence-corrected chi connectivity index (χ1v) is 12.2. The molecule has 0 amide bonds. The second-order valence-electron chi connectivity index (χ2n) is 8.05. The molecule has 0 saturated carbocycles. The summed E-state index contributed by atoms with van der Waals surface area (Å²) in [5.74, 6) is -2.53. The quantitative estimate of drug-likeness (QED) is 0.267. The van der Waals surface area contributed by atoms with Crippen LogP contribution in [0.5, 0.6) is 0 Å². The number of hydrogen-bond donors (Lipinski definition) is 3. The molecule has 3 aromatic heterocycles. The molecule has 39 heavy (non-hydrogen) atoms. The van der Waals surface area contributed by atoms with E-state index < -0.39 is 23.9 Å². The highest BCUT2D eigenvalue weighted by atomic mass is 32.1. The maximum absolute atomic E-state index is 13.0. The highest BCUT2D eigenvalue weighted by Crippen LogP contribution is 2.30. The molecule has 208 valence electrons. The maximum Gasteiger partial charge on any atom is 0.490 e. The van der Waals surface area contributed by atoms with Crippen LogP contribution in [0.1, 0.15) is 17.6 Å². The van der Waals surface area contributed by atoms with Gasteiger partial charge in [-0.3, -0.25) is 9.25 Å². The predicted octanol–water partition coefficient (Wildman–Crippen LogP) is 4.52. The number of halogens is 5. The SMILES string of the molecule is CCn1cc(-c2cccc(-c3csc(Cn4c(CC(CN)=C(F)F)n[nH]c4=O)c3)c2)cn1.O=C(O)C(F)(F)F. The molecule has 4 aromatic rings. The minimum Gasteiger partial charge on any atom is -0.475 e. The number of nitrogens with zero attached hydrogens (tertiary/aromatic N) is 4. The summed E-state index contributed by atoms with van der Waals surface area (Å²) in [6.45, 7) is 2.80. The third-order valence-corrected chi connectivity index (χ3v) is 6.34. The topological polar surface area (TPSA) is 132 Å². The van der Waals surface area contributed by atoms with Gasteiger partial charge in [0.1, 0.15) is 5.82 Å². The number of thiophene rings is 1. The first-order valence-electron chi connectivity index (χ1n) is 11.3. The van der Waals surface area contributed by atoms with Gasteiger partial charge in [0, 0.05) is 41.7 Å². The lowest BCUT2D eigenvalue weighted by Crippen LogP contribution is -2.21. The molecule has 0 saturated heterocycles. The Balaban J connectivity index is 0.000000532. The van der Waals surface area contributed by atoms with Crippen molar-refractivity contribution in [2.75, 3.05) is 6.54 Å². The zero-order valence-electron chi connectivity index (χ0n) is 20.4. The Hall–Kier alpha value is -4.11. The number of H-pyrrole nitrogens is 1. The lowest BCUT2D eigenvalue weighted by molar-refractivity contribution is -0.192. The number of nitrogens with two attached hydrogens (primary N) is 1. The number of aryl methyl sites for hydroxylation is 1. The molecule has 15 heteroatoms. The van der Waals surface area contributed by atoms with Crippen LogP contribution in [0.4, 0.5) is 22.0 Å². The predicted molar refractivity (Wildman–Crippen MR) is 134 cm³/mol. The van der Waals surface area contributed by atoms with Crippen LogP contribution in [-0.2, 0) is 24.3 Å². The zero-order chi connectivity index (χ0) is 28.7. The molecule has 0 spiro atoms. The number of carboxylic acids is 1. The van der Waals surface area contributed by atoms with Gasteiger partial charge in [0.2, 0.25) is 0 Å². The maximum atomic E-state index is 13.0. The van der Waals surface area contributed by atoms with Gasteiger partial charge in [-0.15, -0.1) is 11.3 Å². The van der Waals surface area contributed by atoms with Crippen molar-refractivity contribution in [3.8, 4) is 22.3 Å². The van der Waals surface area contributed by atoms with Crippen LogP contribution in [-0.4, -0.2) is 48.3 Å². The lowest BCUT2D eigenvalue weighted by atomic mass is 10.0. The largest absolute Gasteiger partial charge is 0.490 e. The number of aromatic nitrogens is 5. The first kappa shape index (κ1) is 29.4. The Bertz CT molecular complexity index is 1510. The van der Waals surface area contributed by atoms with E-state index in [9.17, 15) is 26.7 Å². The molecule has 4 rings (SSSR count). The summed E-state index contributed by atoms with van der Waals surface area (Å²) in [6, 6.07) is 10.2. The zero-order valence-corrected chi connectivity index (χ0v) is 21.2. The number of carbonyl (C=O) groups is 1. The Morgan fingerprint density at radius 1 is 1.15 bits per heavy atom. The second kappa shape index (κ2) is 12.6. The van der Waals surface area contributed by atoms with Gasteiger partial charge in [-0.25, -0.2) is 14.7 Å². The molecule has 0 radical (unpaired) electrons. The van der Waals surface area contributed by atoms with E-state index in [1.807, 2.05) is 53.6 Å². The summed E-state index contributed by atoms with van der Waals surface area (Å²) in [5, 5.41) is 19.7. The number of aliphatic carboxylic acids is 1. The molecule has 0 atom stereocenters. The number of alkyl halides is 3. The van der Waals surface area contributed by atoms with E-state index in [4.69, 9.17) is 15.6 Å². The van der Waals surface area contributed by atoms with Crippen molar-refractivity contribution >= 4 is 17.3 Å². The molecular weight excluding hydrogens is 547 g/mol. The summed E-state index contributed by atoms with van der Waals surface area (Å²) in [7, 11) is 0. The number of aromatic amines is 1. The Morgan fingerprint density at radius 2 is 1.82 bits per heavy atom. The monoisotopic (exact) mass is 570 g/mol. The van der Waals surface area contributed by atoms with Crippen molar-refractivity contribution in [2.24, 2.45) is 5.73 Å². The molecule has 3 heterocycles. The minimum atomic E-state index is -5.08. The van der Waals surface area contributed by atoms with Gasteiger partial charge in [-0.2, -0.15) is 32.1 Å². The van der Waals surface area contributed by atoms with Crippen LogP contribution in [0.25, 0.3) is 22.3 Å². The van der Waals surface area contributed by atoms with Crippen molar-refractivity contribution in [1.82, 2.24) is 24.5 Å². The van der Waals surface area contributed by atoms with Crippen molar-refractivity contribution in [3.05, 3.63) is 80.9 Å². The van der Waals surface area contributed by atoms with E-state index in [-0.39, 0.29) is 30.9 Å². The van der Waals surface area contributed by atoms with E-state index in [0.717, 1.165) is 33.7 Å². The van der Waals surface area contributed by atoms with Gasteiger partial charge >= 0.3 is 17.8 Å². The van der Waals surface area contributed by atoms with Gasteiger partial charge in [0.05, 0.1) is 12.7 Å². The fourth-order valence-electron chi connectivity index (χ4n) is 3.39. The summed E-state index contributed by atoms with van der Waals surface area (Å²) in [4.78, 5) is 22.0. The van der Waals surface area contributed by atoms with Crippen LogP contribution in [0, 0.1) is 0 Å². The Kier molecular flexibility index (Phi) is 9.53. The van der Waals surface area contributed by atoms with E-state index in [0.29, 0.717) is 0 Å². The number of rotatable bonds is 8. The van der Waals surface area contributed by atoms with Gasteiger partial charge in [-0.1, -0.05) is 18.2 Å². The highest BCUT2D eigenvalue weighted by molar-refractivity contribution is 7.10. The fourth-order valence-corrected chi connectivity index (χ4v) is 4.27. The van der Waals surface area contributed by atoms with Crippen molar-refractivity contribution in [3.63, 3.8) is 0 Å². The van der Waals surface area contributed by atoms with E-state index >= 15 is 0 Å². The number of benzene rings is 1. The number of carboxylic acid groups (broad SMARTS) is 1. The first-order chi connectivity index (χ1) is 18.4. The normalized spacial score (nSPS) is 11.2. The smallest absolute Gasteiger partial charge is 0.475 e. The van der Waals surface area contributed by atoms with Gasteiger partial charge < -0.3 is 10.8 Å². The Labute approximate surface area is 222 Å². The van der Waals surface area contributed by atoms with Crippen LogP contribution in [0.2, 0.25) is 0 Å². The van der Waals surface area contributed by atoms with Gasteiger partial charge in [0.15, 0.2) is 0 Å². The molecule has 0 aliphatic carbocycles. The Morgan fingerprint density at radius 3 is 2.38 bits per heavy atom. The third kappa shape index (κ3) is 7.70. The minimum absolute atomic E-state index is 0.177. The van der Waals surface area contributed by atoms with E-state index in [2.05, 4.69) is 21.4 Å². The van der Waals surface area contributed by atoms with Crippen LogP contribution < -0.4 is 11.4 Å². The van der Waals surface area contributed by atoms with Crippen molar-refractivity contribution in [1.29, 1.82) is 0 Å². The number of nitrogens with one attached hydrogen (secondary N) is 1. The average Bonchev–Trinajstić information content (AvgIpc) is 3.64. The standard InChI is InChI=1S/C22H22F2N6OS.C2HF3O2/c1-2-29-11-18(10-26-29)15-5-3-4-14(6-15)17-7-19(32-13-17)12-30-20(27-28-22(30)31)8-16(9-25)21(23)24;3-2(4,5)1(6)7/h3-7,10-11,13H,2,8-9,12,25H2,1H3,(H,28,31);(H,6,7). The molecule has 1 aromatic carbocycles. The van der Waals surface area contributed by atoms with Gasteiger partial charge in [0.25, 0.3) is 6.08 Å². The molecule has 0 fully saturated rings. The summed E-state index contributed by atoms with van der Waals surface area (Å²) < 4.78 is 61.0. The molecular formula is C24H23F5N6O3S. The van der Waals surface area contributed by atoms with E-state index in [1.54, 1.807) is 0 Å². The highest BCUT2D eigenvalue weighted by Gasteiger charge is 2.38. The summed E-state index contributed by atoms with van der Waals surface area (Å²) >= 11 is 1.50. The van der Waals surface area contributed by atoms with Crippen LogP contribution >= 0.6 is 11.3 Å². The molecule has 0 bridgehead atoms. The fraction of sp³-hybridized carbons (Fsp3) is 0.250. The van der Waals surface area contributed by atoms with E-state index in [1.165, 1.54) is 15.9 Å². The average molecular weight is 571 g/mol. The van der Waals surface area contributed by atoms with Gasteiger partial charge in [-0.05, 0) is 41.1 Å². The molecule has 0 unspecified atom stereocenters. The summed E-state index contributed by atoms with van der Waals surface area (Å²) in [5.41, 5.74) is 8.89. The van der Waals surface area contributed by atoms with Crippen LogP contribution in [0.15, 0.2) is 64.6 Å². The molecule has 4 N–H and O–H groups in total. The molecule has 0 aliphatic heterocycles. The lowest BCUT2D eigenvalue weighted by Gasteiger charge is -2.06. The molecule has 0 aliphatic rings. The third-order valence-electron chi connectivity index (χ3n) is 5.42. The van der Waals surface area contributed by atoms with Crippen LogP contribution in [0.3, 0.4) is 0 Å². The van der Waals surface area contributed by atoms with Crippen molar-refractivity contribution in [2.45, 2.75) is 32.6 Å². The summed E-state index contributed by atoms with van der Waals surface area (Å²) in [6.07, 6.45) is -3.24. The number of hydrogen-bond acceptors (Lipinski definition) is 6. The second-order valence-corrected chi connectivity index (χ2v) is 9.04. The molecule has 9 nitrogen and oxygen atoms in total. The van der Waals surface area contributed by atoms with Crippen molar-refractivity contribution < 1.29 is 31.9 Å².